The molecule has 2 saturated heterocycles. The first-order chi connectivity index (χ1) is 16.7. The molecule has 0 saturated carbocycles. The minimum absolute atomic E-state index is 0.00653. The second-order valence-corrected chi connectivity index (χ2v) is 9.10. The maximum atomic E-state index is 12.8. The molecular formula is C27H30N6O. The molecule has 5 rings (SSSR count). The van der Waals surface area contributed by atoms with Crippen LogP contribution in [0.4, 0.5) is 17.2 Å². The average molecular weight is 455 g/mol. The van der Waals surface area contributed by atoms with Gasteiger partial charge in [0.2, 0.25) is 5.91 Å². The molecule has 0 unspecified atom stereocenters. The van der Waals surface area contributed by atoms with Crippen molar-refractivity contribution in [1.29, 1.82) is 0 Å². The Labute approximate surface area is 200 Å². The second kappa shape index (κ2) is 10.2. The topological polar surface area (TPSA) is 73.4 Å². The number of amides is 1. The fourth-order valence-electron chi connectivity index (χ4n) is 5.01. The monoisotopic (exact) mass is 454 g/mol. The van der Waals surface area contributed by atoms with Gasteiger partial charge in [-0.1, -0.05) is 12.0 Å². The normalized spacial score (nSPS) is 17.5. The Kier molecular flexibility index (Phi) is 6.70. The molecule has 2 aliphatic heterocycles. The van der Waals surface area contributed by atoms with Crippen LogP contribution in [-0.2, 0) is 4.79 Å². The van der Waals surface area contributed by atoms with Crippen LogP contribution in [0, 0.1) is 12.3 Å². The van der Waals surface area contributed by atoms with Gasteiger partial charge >= 0.3 is 0 Å². The van der Waals surface area contributed by atoms with Gasteiger partial charge in [-0.25, -0.2) is 9.97 Å². The van der Waals surface area contributed by atoms with E-state index in [1.807, 2.05) is 42.5 Å². The van der Waals surface area contributed by atoms with Crippen molar-refractivity contribution < 1.29 is 4.79 Å². The van der Waals surface area contributed by atoms with E-state index < -0.39 is 0 Å². The molecule has 7 heteroatoms. The highest BCUT2D eigenvalue weighted by Crippen LogP contribution is 2.26. The van der Waals surface area contributed by atoms with Crippen LogP contribution in [0.25, 0.3) is 10.9 Å². The maximum Gasteiger partial charge on any atom is 0.238 e. The van der Waals surface area contributed by atoms with Crippen molar-refractivity contribution in [3.8, 4) is 12.3 Å². The SMILES string of the molecule is C#Cc1cccc(Nc2ncnc3ccc(NC(=O)CN4CCC(N5CCCC5)CC4)cc23)c1. The third kappa shape index (κ3) is 5.19. The lowest BCUT2D eigenvalue weighted by Gasteiger charge is -2.36. The molecule has 2 N–H and O–H groups in total. The van der Waals surface area contributed by atoms with Crippen LogP contribution >= 0.6 is 0 Å². The first kappa shape index (κ1) is 22.3. The Balaban J connectivity index is 1.23. The lowest BCUT2D eigenvalue weighted by atomic mass is 10.0. The van der Waals surface area contributed by atoms with Crippen molar-refractivity contribution in [3.05, 3.63) is 54.4 Å². The Morgan fingerprint density at radius 3 is 2.65 bits per heavy atom. The molecule has 7 nitrogen and oxygen atoms in total. The summed E-state index contributed by atoms with van der Waals surface area (Å²) in [7, 11) is 0. The number of hydrogen-bond donors (Lipinski definition) is 2. The van der Waals surface area contributed by atoms with Crippen molar-refractivity contribution in [2.75, 3.05) is 43.4 Å². The Bertz CT molecular complexity index is 1210. The molecule has 34 heavy (non-hydrogen) atoms. The molecule has 2 aliphatic rings. The number of benzene rings is 2. The number of nitrogens with one attached hydrogen (secondary N) is 2. The summed E-state index contributed by atoms with van der Waals surface area (Å²) in [4.78, 5) is 26.4. The number of likely N-dealkylation sites (tertiary alicyclic amines) is 2. The summed E-state index contributed by atoms with van der Waals surface area (Å²) < 4.78 is 0. The van der Waals surface area contributed by atoms with E-state index in [2.05, 4.69) is 36.3 Å². The summed E-state index contributed by atoms with van der Waals surface area (Å²) in [5, 5.41) is 7.21. The molecule has 1 amide bonds. The van der Waals surface area contributed by atoms with E-state index in [0.29, 0.717) is 18.4 Å². The van der Waals surface area contributed by atoms with Crippen LogP contribution in [0.3, 0.4) is 0 Å². The quantitative estimate of drug-likeness (QED) is 0.551. The van der Waals surface area contributed by atoms with Crippen molar-refractivity contribution in [2.45, 2.75) is 31.7 Å². The molecular weight excluding hydrogens is 424 g/mol. The fourth-order valence-corrected chi connectivity index (χ4v) is 5.01. The van der Waals surface area contributed by atoms with E-state index in [4.69, 9.17) is 6.42 Å². The Morgan fingerprint density at radius 2 is 1.85 bits per heavy atom. The number of nitrogens with zero attached hydrogens (tertiary/aromatic N) is 4. The van der Waals surface area contributed by atoms with E-state index >= 15 is 0 Å². The molecule has 174 valence electrons. The van der Waals surface area contributed by atoms with E-state index in [-0.39, 0.29) is 5.91 Å². The van der Waals surface area contributed by atoms with Gasteiger partial charge in [0.1, 0.15) is 12.1 Å². The number of aromatic nitrogens is 2. The molecule has 3 heterocycles. The van der Waals surface area contributed by atoms with E-state index in [1.54, 1.807) is 0 Å². The largest absolute Gasteiger partial charge is 0.340 e. The summed E-state index contributed by atoms with van der Waals surface area (Å²) in [5.41, 5.74) is 3.18. The van der Waals surface area contributed by atoms with Crippen LogP contribution in [-0.4, -0.2) is 64.4 Å². The average Bonchev–Trinajstić information content (AvgIpc) is 3.40. The molecule has 2 fully saturated rings. The highest BCUT2D eigenvalue weighted by Gasteiger charge is 2.27. The predicted molar refractivity (Wildman–Crippen MR) is 136 cm³/mol. The predicted octanol–water partition coefficient (Wildman–Crippen LogP) is 3.85. The standard InChI is InChI=1S/C27H30N6O/c1-2-20-6-5-7-21(16-20)31-27-24-17-22(8-9-25(24)28-19-29-27)30-26(34)18-32-14-10-23(11-15-32)33-12-3-4-13-33/h1,5-9,16-17,19,23H,3-4,10-15,18H2,(H,30,34)(H,28,29,31). The number of carbonyl (C=O) groups is 1. The minimum atomic E-state index is 0.00653. The van der Waals surface area contributed by atoms with Crippen LogP contribution in [0.5, 0.6) is 0 Å². The van der Waals surface area contributed by atoms with Crippen molar-refractivity contribution in [3.63, 3.8) is 0 Å². The van der Waals surface area contributed by atoms with Gasteiger partial charge in [-0.15, -0.1) is 6.42 Å². The van der Waals surface area contributed by atoms with Crippen molar-refractivity contribution >= 4 is 34.0 Å². The van der Waals surface area contributed by atoms with Gasteiger partial charge in [0.15, 0.2) is 0 Å². The first-order valence-electron chi connectivity index (χ1n) is 12.0. The van der Waals surface area contributed by atoms with Gasteiger partial charge in [0.05, 0.1) is 12.1 Å². The van der Waals surface area contributed by atoms with Crippen LogP contribution in [0.2, 0.25) is 0 Å². The van der Waals surface area contributed by atoms with Gasteiger partial charge in [-0.3, -0.25) is 9.69 Å². The highest BCUT2D eigenvalue weighted by atomic mass is 16.2. The van der Waals surface area contributed by atoms with Gasteiger partial charge < -0.3 is 15.5 Å². The summed E-state index contributed by atoms with van der Waals surface area (Å²) in [6.45, 7) is 4.85. The van der Waals surface area contributed by atoms with Crippen molar-refractivity contribution in [1.82, 2.24) is 19.8 Å². The summed E-state index contributed by atoms with van der Waals surface area (Å²) in [6.07, 6.45) is 12.0. The molecule has 0 atom stereocenters. The smallest absolute Gasteiger partial charge is 0.238 e. The molecule has 0 aliphatic carbocycles. The zero-order valence-electron chi connectivity index (χ0n) is 19.3. The number of terminal acetylenes is 1. The zero-order chi connectivity index (χ0) is 23.3. The summed E-state index contributed by atoms with van der Waals surface area (Å²) in [6, 6.07) is 14.0. The fraction of sp³-hybridized carbons (Fsp3) is 0.370. The molecule has 0 radical (unpaired) electrons. The maximum absolute atomic E-state index is 12.8. The third-order valence-corrected chi connectivity index (χ3v) is 6.79. The number of hydrogen-bond acceptors (Lipinski definition) is 6. The lowest BCUT2D eigenvalue weighted by Crippen LogP contribution is -2.45. The van der Waals surface area contributed by atoms with Crippen LogP contribution in [0.1, 0.15) is 31.2 Å². The van der Waals surface area contributed by atoms with E-state index in [0.717, 1.165) is 53.8 Å². The van der Waals surface area contributed by atoms with Gasteiger partial charge in [-0.2, -0.15) is 0 Å². The highest BCUT2D eigenvalue weighted by molar-refractivity contribution is 5.97. The van der Waals surface area contributed by atoms with Gasteiger partial charge in [0, 0.05) is 41.5 Å². The number of rotatable bonds is 6. The summed E-state index contributed by atoms with van der Waals surface area (Å²) in [5.74, 6) is 3.32. The van der Waals surface area contributed by atoms with Gasteiger partial charge in [-0.05, 0) is 75.2 Å². The zero-order valence-corrected chi connectivity index (χ0v) is 19.3. The van der Waals surface area contributed by atoms with Gasteiger partial charge in [0.25, 0.3) is 0 Å². The number of piperidine rings is 1. The number of anilines is 3. The van der Waals surface area contributed by atoms with Crippen LogP contribution in [0.15, 0.2) is 48.8 Å². The molecule has 0 spiro atoms. The Hall–Kier alpha value is -3.47. The van der Waals surface area contributed by atoms with Crippen LogP contribution < -0.4 is 10.6 Å². The first-order valence-corrected chi connectivity index (χ1v) is 12.0. The van der Waals surface area contributed by atoms with E-state index in [1.165, 1.54) is 32.3 Å². The molecule has 2 aromatic carbocycles. The third-order valence-electron chi connectivity index (χ3n) is 6.79. The molecule has 1 aromatic heterocycles. The summed E-state index contributed by atoms with van der Waals surface area (Å²) >= 11 is 0. The number of fused-ring (bicyclic) bond motifs is 1. The lowest BCUT2D eigenvalue weighted by molar-refractivity contribution is -0.117. The Morgan fingerprint density at radius 1 is 1.03 bits per heavy atom. The molecule has 0 bridgehead atoms. The van der Waals surface area contributed by atoms with Crippen molar-refractivity contribution in [2.24, 2.45) is 0 Å². The minimum Gasteiger partial charge on any atom is -0.340 e. The number of carbonyl (C=O) groups excluding carboxylic acids is 1. The second-order valence-electron chi connectivity index (χ2n) is 9.10. The molecule has 3 aromatic rings. The van der Waals surface area contributed by atoms with E-state index in [9.17, 15) is 4.79 Å².